The van der Waals surface area contributed by atoms with Crippen molar-refractivity contribution < 1.29 is 9.59 Å². The first-order valence-corrected chi connectivity index (χ1v) is 4.28. The van der Waals surface area contributed by atoms with E-state index in [1.54, 1.807) is 0 Å². The van der Waals surface area contributed by atoms with Crippen LogP contribution in [-0.2, 0) is 9.59 Å². The van der Waals surface area contributed by atoms with Gasteiger partial charge in [-0.15, -0.1) is 0 Å². The van der Waals surface area contributed by atoms with Gasteiger partial charge in [0.05, 0.1) is 6.54 Å². The summed E-state index contributed by atoms with van der Waals surface area (Å²) in [6, 6.07) is 0. The molecule has 0 N–H and O–H groups in total. The lowest BCUT2D eigenvalue weighted by Crippen LogP contribution is -1.86. The van der Waals surface area contributed by atoms with Crippen LogP contribution < -0.4 is 0 Å². The molecule has 0 heterocycles. The highest BCUT2D eigenvalue weighted by Crippen LogP contribution is 2.03. The number of aliphatic imine (C=N–C) groups is 1. The summed E-state index contributed by atoms with van der Waals surface area (Å²) in [5.74, 6) is 0. The van der Waals surface area contributed by atoms with Crippen molar-refractivity contribution in [1.82, 2.24) is 0 Å². The van der Waals surface area contributed by atoms with Crippen LogP contribution in [0.3, 0.4) is 0 Å². The summed E-state index contributed by atoms with van der Waals surface area (Å²) in [4.78, 5) is 23.3. The fourth-order valence-electron chi connectivity index (χ4n) is 0.677. The molecule has 11 heavy (non-hydrogen) atoms. The SMILES string of the molecule is O=C=NCCCCCC(=O)Br. The van der Waals surface area contributed by atoms with E-state index in [2.05, 4.69) is 20.9 Å². The lowest BCUT2D eigenvalue weighted by atomic mass is 10.2. The molecule has 0 unspecified atom stereocenters. The summed E-state index contributed by atoms with van der Waals surface area (Å²) in [7, 11) is 0. The first-order valence-electron chi connectivity index (χ1n) is 3.49. The Morgan fingerprint density at radius 1 is 1.36 bits per heavy atom. The monoisotopic (exact) mass is 219 g/mol. The molecule has 0 aliphatic rings. The molecule has 62 valence electrons. The Morgan fingerprint density at radius 2 is 2.09 bits per heavy atom. The van der Waals surface area contributed by atoms with Gasteiger partial charge >= 0.3 is 0 Å². The van der Waals surface area contributed by atoms with Crippen LogP contribution in [-0.4, -0.2) is 17.3 Å². The third-order valence-electron chi connectivity index (χ3n) is 1.21. The summed E-state index contributed by atoms with van der Waals surface area (Å²) < 4.78 is 0.0383. The number of halogens is 1. The lowest BCUT2D eigenvalue weighted by molar-refractivity contribution is -0.110. The van der Waals surface area contributed by atoms with Crippen molar-refractivity contribution in [2.75, 3.05) is 6.54 Å². The number of hydrogen-bond donors (Lipinski definition) is 0. The molecule has 0 aromatic carbocycles. The molecule has 0 saturated heterocycles. The molecule has 0 fully saturated rings. The van der Waals surface area contributed by atoms with Gasteiger partial charge in [-0.05, 0) is 28.8 Å². The Kier molecular flexibility index (Phi) is 7.31. The minimum atomic E-state index is 0.0383. The fraction of sp³-hybridized carbons (Fsp3) is 0.714. The van der Waals surface area contributed by atoms with Gasteiger partial charge in [-0.1, -0.05) is 6.42 Å². The zero-order chi connectivity index (χ0) is 8.53. The molecule has 0 spiro atoms. The molecule has 0 atom stereocenters. The number of carbonyl (C=O) groups is 1. The van der Waals surface area contributed by atoms with E-state index in [0.717, 1.165) is 19.3 Å². The molecule has 3 nitrogen and oxygen atoms in total. The van der Waals surface area contributed by atoms with Gasteiger partial charge in [0.15, 0.2) is 4.69 Å². The maximum absolute atomic E-state index is 10.4. The van der Waals surface area contributed by atoms with Crippen molar-refractivity contribution >= 4 is 26.7 Å². The number of nitrogens with zero attached hydrogens (tertiary/aromatic N) is 1. The average Bonchev–Trinajstić information content (AvgIpc) is 1.96. The molecule has 0 saturated carbocycles. The largest absolute Gasteiger partial charge is 0.287 e. The Balaban J connectivity index is 3.02. The van der Waals surface area contributed by atoms with Gasteiger partial charge < -0.3 is 0 Å². The van der Waals surface area contributed by atoms with E-state index < -0.39 is 0 Å². The summed E-state index contributed by atoms with van der Waals surface area (Å²) in [6.45, 7) is 0.528. The van der Waals surface area contributed by atoms with Gasteiger partial charge in [-0.3, -0.25) is 4.79 Å². The highest BCUT2D eigenvalue weighted by atomic mass is 79.9. The smallest absolute Gasteiger partial charge is 0.234 e. The van der Waals surface area contributed by atoms with Gasteiger partial charge in [-0.2, -0.15) is 0 Å². The standard InChI is InChI=1S/C7H10BrNO2/c8-7(11)4-2-1-3-5-9-6-10/h1-5H2. The first-order chi connectivity index (χ1) is 5.27. The Hall–Kier alpha value is -0.470. The maximum atomic E-state index is 10.4. The van der Waals surface area contributed by atoms with Gasteiger partial charge in [-0.25, -0.2) is 9.79 Å². The first kappa shape index (κ1) is 10.5. The Bertz CT molecular complexity index is 160. The van der Waals surface area contributed by atoms with Crippen LogP contribution in [0.25, 0.3) is 0 Å². The number of hydrogen-bond acceptors (Lipinski definition) is 3. The van der Waals surface area contributed by atoms with Crippen LogP contribution in [0.15, 0.2) is 4.99 Å². The summed E-state index contributed by atoms with van der Waals surface area (Å²) >= 11 is 2.83. The molecule has 0 aliphatic heterocycles. The summed E-state index contributed by atoms with van der Waals surface area (Å²) in [5.41, 5.74) is 0. The molecule has 0 aliphatic carbocycles. The third kappa shape index (κ3) is 9.53. The lowest BCUT2D eigenvalue weighted by Gasteiger charge is -1.92. The summed E-state index contributed by atoms with van der Waals surface area (Å²) in [6.07, 6.45) is 4.68. The number of rotatable bonds is 6. The average molecular weight is 220 g/mol. The Morgan fingerprint density at radius 3 is 2.64 bits per heavy atom. The van der Waals surface area contributed by atoms with Crippen molar-refractivity contribution in [3.63, 3.8) is 0 Å². The molecular weight excluding hydrogens is 210 g/mol. The van der Waals surface area contributed by atoms with Gasteiger partial charge in [0.1, 0.15) is 0 Å². The van der Waals surface area contributed by atoms with E-state index in [4.69, 9.17) is 0 Å². The van der Waals surface area contributed by atoms with E-state index in [1.165, 1.54) is 6.08 Å². The molecular formula is C7H10BrNO2. The highest BCUT2D eigenvalue weighted by Gasteiger charge is 1.94. The molecule has 0 bridgehead atoms. The van der Waals surface area contributed by atoms with E-state index in [1.807, 2.05) is 0 Å². The van der Waals surface area contributed by atoms with Gasteiger partial charge in [0.2, 0.25) is 6.08 Å². The van der Waals surface area contributed by atoms with Gasteiger partial charge in [0.25, 0.3) is 0 Å². The number of isocyanates is 1. The fourth-order valence-corrected chi connectivity index (χ4v) is 0.958. The topological polar surface area (TPSA) is 46.5 Å². The van der Waals surface area contributed by atoms with Crippen LogP contribution in [0.2, 0.25) is 0 Å². The van der Waals surface area contributed by atoms with E-state index >= 15 is 0 Å². The zero-order valence-electron chi connectivity index (χ0n) is 6.18. The van der Waals surface area contributed by atoms with Crippen molar-refractivity contribution in [2.45, 2.75) is 25.7 Å². The normalized spacial score (nSPS) is 8.82. The van der Waals surface area contributed by atoms with E-state index in [-0.39, 0.29) is 4.69 Å². The maximum Gasteiger partial charge on any atom is 0.234 e. The van der Waals surface area contributed by atoms with E-state index in [0.29, 0.717) is 13.0 Å². The second-order valence-corrected chi connectivity index (χ2v) is 3.02. The van der Waals surface area contributed by atoms with Crippen LogP contribution >= 0.6 is 15.9 Å². The second-order valence-electron chi connectivity index (χ2n) is 2.14. The number of unbranched alkanes of at least 4 members (excludes halogenated alkanes) is 2. The minimum Gasteiger partial charge on any atom is -0.287 e. The van der Waals surface area contributed by atoms with Crippen molar-refractivity contribution in [2.24, 2.45) is 4.99 Å². The molecule has 4 heteroatoms. The molecule has 0 radical (unpaired) electrons. The summed E-state index contributed by atoms with van der Waals surface area (Å²) in [5, 5.41) is 0. The van der Waals surface area contributed by atoms with Crippen LogP contribution in [0.1, 0.15) is 25.7 Å². The molecule has 0 aromatic rings. The zero-order valence-corrected chi connectivity index (χ0v) is 7.76. The van der Waals surface area contributed by atoms with Crippen LogP contribution in [0, 0.1) is 0 Å². The van der Waals surface area contributed by atoms with Crippen LogP contribution in [0.4, 0.5) is 0 Å². The minimum absolute atomic E-state index is 0.0383. The predicted molar refractivity (Wildman–Crippen MR) is 45.4 cm³/mol. The van der Waals surface area contributed by atoms with E-state index in [9.17, 15) is 9.59 Å². The number of carbonyl (C=O) groups excluding carboxylic acids is 2. The molecule has 0 amide bonds. The highest BCUT2D eigenvalue weighted by molar-refractivity contribution is 9.18. The quantitative estimate of drug-likeness (QED) is 0.296. The predicted octanol–water partition coefficient (Wildman–Crippen LogP) is 1.80. The molecule has 0 aromatic heterocycles. The molecule has 0 rings (SSSR count). The van der Waals surface area contributed by atoms with Crippen LogP contribution in [0.5, 0.6) is 0 Å². The van der Waals surface area contributed by atoms with Crippen molar-refractivity contribution in [1.29, 1.82) is 0 Å². The van der Waals surface area contributed by atoms with Crippen molar-refractivity contribution in [3.8, 4) is 0 Å². The van der Waals surface area contributed by atoms with Crippen molar-refractivity contribution in [3.05, 3.63) is 0 Å². The van der Waals surface area contributed by atoms with Gasteiger partial charge in [0, 0.05) is 6.42 Å². The second kappa shape index (κ2) is 7.63. The Labute approximate surface area is 74.0 Å². The third-order valence-corrected chi connectivity index (χ3v) is 1.60.